The summed E-state index contributed by atoms with van der Waals surface area (Å²) in [5, 5.41) is 14.0. The fourth-order valence-electron chi connectivity index (χ4n) is 4.38. The Morgan fingerprint density at radius 1 is 1.19 bits per heavy atom. The van der Waals surface area contributed by atoms with Crippen molar-refractivity contribution in [1.29, 1.82) is 0 Å². The van der Waals surface area contributed by atoms with Crippen molar-refractivity contribution >= 4 is 17.7 Å². The molecule has 0 bridgehead atoms. The molecule has 2 fully saturated rings. The van der Waals surface area contributed by atoms with Gasteiger partial charge in [-0.2, -0.15) is 0 Å². The van der Waals surface area contributed by atoms with Crippen molar-refractivity contribution in [3.05, 3.63) is 41.2 Å². The van der Waals surface area contributed by atoms with Crippen molar-refractivity contribution in [3.8, 4) is 5.69 Å². The predicted octanol–water partition coefficient (Wildman–Crippen LogP) is 0.297. The fraction of sp³-hybridized carbons (Fsp3) is 0.476. The van der Waals surface area contributed by atoms with Crippen LogP contribution in [0.15, 0.2) is 24.4 Å². The molecule has 1 unspecified atom stereocenters. The second kappa shape index (κ2) is 8.20. The lowest BCUT2D eigenvalue weighted by Crippen LogP contribution is -2.52. The average Bonchev–Trinajstić information content (AvgIpc) is 3.50. The number of fused-ring (bicyclic) bond motifs is 1. The van der Waals surface area contributed by atoms with Crippen molar-refractivity contribution < 1.29 is 19.1 Å². The van der Waals surface area contributed by atoms with Gasteiger partial charge in [0.1, 0.15) is 11.7 Å². The average molecular weight is 424 g/mol. The summed E-state index contributed by atoms with van der Waals surface area (Å²) in [6, 6.07) is 5.31. The molecule has 0 spiro atoms. The van der Waals surface area contributed by atoms with Crippen LogP contribution in [0.25, 0.3) is 5.69 Å². The Kier molecular flexibility index (Phi) is 5.24. The van der Waals surface area contributed by atoms with Gasteiger partial charge < -0.3 is 15.0 Å². The maximum atomic E-state index is 13.0. The van der Waals surface area contributed by atoms with Crippen molar-refractivity contribution in [3.63, 3.8) is 0 Å². The van der Waals surface area contributed by atoms with Crippen LogP contribution in [-0.4, -0.2) is 62.9 Å². The van der Waals surface area contributed by atoms with Crippen molar-refractivity contribution in [1.82, 2.24) is 30.5 Å². The summed E-state index contributed by atoms with van der Waals surface area (Å²) in [5.74, 6) is -0.913. The molecular weight excluding hydrogens is 400 g/mol. The lowest BCUT2D eigenvalue weighted by molar-refractivity contribution is -0.136. The van der Waals surface area contributed by atoms with E-state index in [0.29, 0.717) is 43.5 Å². The maximum Gasteiger partial charge on any atom is 0.255 e. The van der Waals surface area contributed by atoms with E-state index in [1.807, 2.05) is 12.1 Å². The number of nitrogens with one attached hydrogen (secondary N) is 2. The molecule has 3 amide bonds. The first-order valence-corrected chi connectivity index (χ1v) is 10.6. The molecule has 10 nitrogen and oxygen atoms in total. The summed E-state index contributed by atoms with van der Waals surface area (Å²) >= 11 is 0. The minimum absolute atomic E-state index is 0.209. The Hall–Kier alpha value is -3.11. The van der Waals surface area contributed by atoms with Gasteiger partial charge in [-0.3, -0.25) is 19.7 Å². The topological polar surface area (TPSA) is 118 Å². The van der Waals surface area contributed by atoms with E-state index >= 15 is 0 Å². The number of hydrogen-bond acceptors (Lipinski definition) is 7. The van der Waals surface area contributed by atoms with Crippen molar-refractivity contribution in [2.75, 3.05) is 13.2 Å². The van der Waals surface area contributed by atoms with E-state index in [9.17, 15) is 14.4 Å². The number of aromatic nitrogens is 3. The van der Waals surface area contributed by atoms with Crippen molar-refractivity contribution in [2.24, 2.45) is 0 Å². The highest BCUT2D eigenvalue weighted by Crippen LogP contribution is 2.29. The summed E-state index contributed by atoms with van der Waals surface area (Å²) in [6.45, 7) is 2.43. The van der Waals surface area contributed by atoms with E-state index in [0.717, 1.165) is 24.2 Å². The molecule has 3 aliphatic rings. The van der Waals surface area contributed by atoms with E-state index in [4.69, 9.17) is 4.74 Å². The smallest absolute Gasteiger partial charge is 0.255 e. The van der Waals surface area contributed by atoms with Gasteiger partial charge in [0.2, 0.25) is 11.8 Å². The van der Waals surface area contributed by atoms with Crippen LogP contribution in [0.2, 0.25) is 0 Å². The van der Waals surface area contributed by atoms with Gasteiger partial charge in [0, 0.05) is 24.6 Å². The molecule has 2 N–H and O–H groups in total. The molecule has 0 saturated carbocycles. The zero-order valence-electron chi connectivity index (χ0n) is 17.0. The molecule has 162 valence electrons. The standard InChI is InChI=1S/C21H24N6O4/c28-19-6-5-18(20(29)23-19)26-9-13-3-4-16(8-17(13)21(26)30)27-10-15(24-25-27)12-31-11-14-2-1-7-22-14/h3-4,8,10,14,18,22H,1-2,5-7,9,11-12H2,(H,23,28,29)/t14-,18?/m0/s1. The molecule has 1 aromatic heterocycles. The molecule has 3 aliphatic heterocycles. The molecule has 2 saturated heterocycles. The molecule has 10 heteroatoms. The van der Waals surface area contributed by atoms with Gasteiger partial charge >= 0.3 is 0 Å². The molecule has 2 aromatic rings. The number of imide groups is 1. The van der Waals surface area contributed by atoms with Gasteiger partial charge in [0.25, 0.3) is 5.91 Å². The van der Waals surface area contributed by atoms with Crippen LogP contribution in [0.1, 0.15) is 47.3 Å². The highest BCUT2D eigenvalue weighted by atomic mass is 16.5. The first-order chi connectivity index (χ1) is 15.1. The molecule has 4 heterocycles. The molecule has 1 aromatic carbocycles. The Bertz CT molecular complexity index is 1030. The van der Waals surface area contributed by atoms with E-state index in [1.54, 1.807) is 16.9 Å². The van der Waals surface area contributed by atoms with E-state index in [-0.39, 0.29) is 18.2 Å². The number of carbonyl (C=O) groups excluding carboxylic acids is 3. The van der Waals surface area contributed by atoms with E-state index in [2.05, 4.69) is 20.9 Å². The zero-order valence-corrected chi connectivity index (χ0v) is 17.0. The minimum Gasteiger partial charge on any atom is -0.373 e. The van der Waals surface area contributed by atoms with Gasteiger partial charge in [-0.25, -0.2) is 4.68 Å². The fourth-order valence-corrected chi connectivity index (χ4v) is 4.38. The van der Waals surface area contributed by atoms with Crippen LogP contribution in [0.3, 0.4) is 0 Å². The van der Waals surface area contributed by atoms with Gasteiger partial charge in [-0.05, 0) is 43.5 Å². The summed E-state index contributed by atoms with van der Waals surface area (Å²) < 4.78 is 7.36. The van der Waals surface area contributed by atoms with E-state index < -0.39 is 11.9 Å². The second-order valence-corrected chi connectivity index (χ2v) is 8.20. The Labute approximate surface area is 178 Å². The zero-order chi connectivity index (χ0) is 21.4. The third-order valence-electron chi connectivity index (χ3n) is 6.05. The summed E-state index contributed by atoms with van der Waals surface area (Å²) in [6.07, 6.45) is 4.69. The van der Waals surface area contributed by atoms with Crippen LogP contribution in [0.5, 0.6) is 0 Å². The van der Waals surface area contributed by atoms with Crippen LogP contribution >= 0.6 is 0 Å². The predicted molar refractivity (Wildman–Crippen MR) is 108 cm³/mol. The highest BCUT2D eigenvalue weighted by molar-refractivity contribution is 6.05. The number of nitrogens with zero attached hydrogens (tertiary/aromatic N) is 4. The maximum absolute atomic E-state index is 13.0. The van der Waals surface area contributed by atoms with E-state index in [1.165, 1.54) is 11.3 Å². The third kappa shape index (κ3) is 3.96. The van der Waals surface area contributed by atoms with Crippen molar-refractivity contribution in [2.45, 2.75) is 50.9 Å². The number of benzene rings is 1. The number of amides is 3. The lowest BCUT2D eigenvalue weighted by Gasteiger charge is -2.29. The van der Waals surface area contributed by atoms with Crippen LogP contribution in [0, 0.1) is 0 Å². The Balaban J connectivity index is 1.26. The number of hydrogen-bond donors (Lipinski definition) is 2. The number of ether oxygens (including phenoxy) is 1. The summed E-state index contributed by atoms with van der Waals surface area (Å²) in [5.41, 5.74) is 2.83. The normalized spacial score (nSPS) is 23.4. The molecule has 0 aliphatic carbocycles. The largest absolute Gasteiger partial charge is 0.373 e. The molecule has 31 heavy (non-hydrogen) atoms. The second-order valence-electron chi connectivity index (χ2n) is 8.20. The molecule has 2 atom stereocenters. The highest BCUT2D eigenvalue weighted by Gasteiger charge is 2.39. The lowest BCUT2D eigenvalue weighted by atomic mass is 10.0. The molecular formula is C21H24N6O4. The first kappa shape index (κ1) is 19.8. The number of rotatable bonds is 6. The monoisotopic (exact) mass is 424 g/mol. The summed E-state index contributed by atoms with van der Waals surface area (Å²) in [7, 11) is 0. The van der Waals surface area contributed by atoms with Gasteiger partial charge in [0.05, 0.1) is 25.1 Å². The third-order valence-corrected chi connectivity index (χ3v) is 6.05. The Morgan fingerprint density at radius 2 is 2.10 bits per heavy atom. The summed E-state index contributed by atoms with van der Waals surface area (Å²) in [4.78, 5) is 38.1. The molecule has 0 radical (unpaired) electrons. The quantitative estimate of drug-likeness (QED) is 0.640. The number of piperidine rings is 1. The SMILES string of the molecule is O=C1CCC(N2Cc3ccc(-n4cc(COC[C@@H]5CCCN5)nn4)cc3C2=O)C(=O)N1. The number of carbonyl (C=O) groups is 3. The van der Waals surface area contributed by atoms with Gasteiger partial charge in [-0.15, -0.1) is 5.10 Å². The van der Waals surface area contributed by atoms with Gasteiger partial charge in [0.15, 0.2) is 0 Å². The minimum atomic E-state index is -0.620. The van der Waals surface area contributed by atoms with Crippen LogP contribution in [-0.2, 0) is 27.5 Å². The molecule has 5 rings (SSSR count). The first-order valence-electron chi connectivity index (χ1n) is 10.6. The van der Waals surface area contributed by atoms with Gasteiger partial charge in [-0.1, -0.05) is 11.3 Å². The van der Waals surface area contributed by atoms with Crippen LogP contribution < -0.4 is 10.6 Å². The Morgan fingerprint density at radius 3 is 2.90 bits per heavy atom. The van der Waals surface area contributed by atoms with Crippen LogP contribution in [0.4, 0.5) is 0 Å².